The summed E-state index contributed by atoms with van der Waals surface area (Å²) in [5.74, 6) is -0.555. The molecule has 3 atom stereocenters. The van der Waals surface area contributed by atoms with Crippen molar-refractivity contribution in [2.24, 2.45) is 0 Å². The number of likely N-dealkylation sites (tertiary alicyclic amines) is 1. The normalized spacial score (nSPS) is 20.0. The van der Waals surface area contributed by atoms with Gasteiger partial charge in [0.1, 0.15) is 5.75 Å². The molecule has 1 saturated heterocycles. The smallest absolute Gasteiger partial charge is 0.305 e. The number of rotatable bonds is 7. The van der Waals surface area contributed by atoms with Gasteiger partial charge in [-0.25, -0.2) is 0 Å². The minimum absolute atomic E-state index is 0.0932. The van der Waals surface area contributed by atoms with Crippen LogP contribution in [0.1, 0.15) is 19.8 Å². The molecule has 148 valence electrons. The number of amides is 1. The Labute approximate surface area is 164 Å². The van der Waals surface area contributed by atoms with E-state index in [0.29, 0.717) is 18.7 Å². The van der Waals surface area contributed by atoms with Gasteiger partial charge in [0.15, 0.2) is 6.10 Å². The lowest BCUT2D eigenvalue weighted by Gasteiger charge is -2.26. The summed E-state index contributed by atoms with van der Waals surface area (Å²) < 4.78 is 11.2. The largest absolute Gasteiger partial charge is 0.481 e. The molecule has 6 heteroatoms. The van der Waals surface area contributed by atoms with Gasteiger partial charge in [-0.3, -0.25) is 9.59 Å². The van der Waals surface area contributed by atoms with Crippen LogP contribution in [0.4, 0.5) is 0 Å². The minimum Gasteiger partial charge on any atom is -0.481 e. The van der Waals surface area contributed by atoms with Crippen LogP contribution in [0.15, 0.2) is 54.6 Å². The zero-order valence-electron chi connectivity index (χ0n) is 16.1. The molecule has 1 aliphatic rings. The van der Waals surface area contributed by atoms with Crippen molar-refractivity contribution >= 4 is 11.9 Å². The van der Waals surface area contributed by atoms with Crippen molar-refractivity contribution in [2.75, 3.05) is 13.7 Å². The molecular weight excluding hydrogens is 358 g/mol. The predicted octanol–water partition coefficient (Wildman–Crippen LogP) is 3.21. The number of methoxy groups -OCH3 is 1. The van der Waals surface area contributed by atoms with Gasteiger partial charge in [-0.15, -0.1) is 0 Å². The quantitative estimate of drug-likeness (QED) is 0.795. The van der Waals surface area contributed by atoms with E-state index in [0.717, 1.165) is 11.1 Å². The Balaban J connectivity index is 1.65. The molecule has 6 nitrogen and oxygen atoms in total. The van der Waals surface area contributed by atoms with Crippen LogP contribution < -0.4 is 4.74 Å². The van der Waals surface area contributed by atoms with Gasteiger partial charge in [0.05, 0.1) is 12.5 Å². The van der Waals surface area contributed by atoms with Crippen LogP contribution in [0.2, 0.25) is 0 Å². The maximum atomic E-state index is 12.8. The lowest BCUT2D eigenvalue weighted by molar-refractivity contribution is -0.142. The summed E-state index contributed by atoms with van der Waals surface area (Å²) >= 11 is 0. The fourth-order valence-corrected chi connectivity index (χ4v) is 3.55. The van der Waals surface area contributed by atoms with E-state index in [1.807, 2.05) is 54.6 Å². The van der Waals surface area contributed by atoms with E-state index in [2.05, 4.69) is 0 Å². The maximum absolute atomic E-state index is 12.8. The van der Waals surface area contributed by atoms with Crippen molar-refractivity contribution in [1.29, 1.82) is 0 Å². The number of hydrogen-bond donors (Lipinski definition) is 1. The molecule has 1 fully saturated rings. The number of aliphatic carboxylic acids is 1. The monoisotopic (exact) mass is 383 g/mol. The molecule has 1 aliphatic heterocycles. The summed E-state index contributed by atoms with van der Waals surface area (Å²) in [6, 6.07) is 17.2. The highest BCUT2D eigenvalue weighted by Crippen LogP contribution is 2.26. The van der Waals surface area contributed by atoms with Gasteiger partial charge in [0.2, 0.25) is 0 Å². The van der Waals surface area contributed by atoms with E-state index in [4.69, 9.17) is 14.6 Å². The third kappa shape index (κ3) is 4.70. The molecule has 0 spiro atoms. The molecule has 2 aromatic carbocycles. The topological polar surface area (TPSA) is 76.1 Å². The average Bonchev–Trinajstić information content (AvgIpc) is 3.10. The highest BCUT2D eigenvalue weighted by Gasteiger charge is 2.38. The van der Waals surface area contributed by atoms with Crippen LogP contribution in [0.5, 0.6) is 5.75 Å². The first-order valence-electron chi connectivity index (χ1n) is 9.35. The van der Waals surface area contributed by atoms with E-state index in [1.165, 1.54) is 0 Å². The molecule has 0 bridgehead atoms. The molecule has 3 unspecified atom stereocenters. The molecule has 3 rings (SSSR count). The summed E-state index contributed by atoms with van der Waals surface area (Å²) in [6.07, 6.45) is -0.433. The van der Waals surface area contributed by atoms with Gasteiger partial charge in [-0.1, -0.05) is 42.5 Å². The summed E-state index contributed by atoms with van der Waals surface area (Å²) in [4.78, 5) is 25.5. The fourth-order valence-electron chi connectivity index (χ4n) is 3.55. The van der Waals surface area contributed by atoms with E-state index < -0.39 is 12.1 Å². The second-order valence-corrected chi connectivity index (χ2v) is 6.99. The Hall–Kier alpha value is -2.86. The SMILES string of the molecule is COC1CC(CC(=O)O)N(C(=O)C(C)Oc2ccc(-c3ccccc3)cc2)C1. The number of hydrogen-bond acceptors (Lipinski definition) is 4. The molecular formula is C22H25NO5. The molecule has 1 heterocycles. The summed E-state index contributed by atoms with van der Waals surface area (Å²) in [6.45, 7) is 2.07. The van der Waals surface area contributed by atoms with Crippen LogP contribution in [0.25, 0.3) is 11.1 Å². The van der Waals surface area contributed by atoms with Crippen LogP contribution >= 0.6 is 0 Å². The van der Waals surface area contributed by atoms with Crippen molar-refractivity contribution in [3.63, 3.8) is 0 Å². The molecule has 2 aromatic rings. The van der Waals surface area contributed by atoms with Crippen molar-refractivity contribution in [3.05, 3.63) is 54.6 Å². The second-order valence-electron chi connectivity index (χ2n) is 6.99. The zero-order valence-corrected chi connectivity index (χ0v) is 16.1. The number of carbonyl (C=O) groups excluding carboxylic acids is 1. The van der Waals surface area contributed by atoms with Crippen LogP contribution in [-0.2, 0) is 14.3 Å². The van der Waals surface area contributed by atoms with Crippen LogP contribution in [0.3, 0.4) is 0 Å². The lowest BCUT2D eigenvalue weighted by Crippen LogP contribution is -2.44. The number of benzene rings is 2. The molecule has 28 heavy (non-hydrogen) atoms. The van der Waals surface area contributed by atoms with E-state index >= 15 is 0 Å². The van der Waals surface area contributed by atoms with Crippen molar-refractivity contribution in [3.8, 4) is 16.9 Å². The number of carboxylic acids is 1. The van der Waals surface area contributed by atoms with Crippen molar-refractivity contribution in [1.82, 2.24) is 4.90 Å². The molecule has 0 aromatic heterocycles. The Morgan fingerprint density at radius 3 is 2.36 bits per heavy atom. The van der Waals surface area contributed by atoms with Gasteiger partial charge in [0.25, 0.3) is 5.91 Å². The standard InChI is InChI=1S/C22H25NO5/c1-15(22(26)23-14-20(27-2)12-18(23)13-21(24)25)28-19-10-8-17(9-11-19)16-6-4-3-5-7-16/h3-11,15,18,20H,12-14H2,1-2H3,(H,24,25). The number of carbonyl (C=O) groups is 2. The Morgan fingerprint density at radius 1 is 1.11 bits per heavy atom. The predicted molar refractivity (Wildman–Crippen MR) is 105 cm³/mol. The van der Waals surface area contributed by atoms with E-state index in [-0.39, 0.29) is 24.5 Å². The average molecular weight is 383 g/mol. The Kier molecular flexibility index (Phi) is 6.31. The van der Waals surface area contributed by atoms with Gasteiger partial charge >= 0.3 is 5.97 Å². The summed E-state index contributed by atoms with van der Waals surface area (Å²) in [5, 5.41) is 9.12. The summed E-state index contributed by atoms with van der Waals surface area (Å²) in [5.41, 5.74) is 2.17. The Bertz CT molecular complexity index is 805. The minimum atomic E-state index is -0.926. The fraction of sp³-hybridized carbons (Fsp3) is 0.364. The van der Waals surface area contributed by atoms with Crippen molar-refractivity contribution < 1.29 is 24.2 Å². The molecule has 1 N–H and O–H groups in total. The first-order valence-corrected chi connectivity index (χ1v) is 9.35. The van der Waals surface area contributed by atoms with Crippen LogP contribution in [0, 0.1) is 0 Å². The highest BCUT2D eigenvalue weighted by atomic mass is 16.5. The van der Waals surface area contributed by atoms with Gasteiger partial charge in [-0.05, 0) is 36.6 Å². The first kappa shape index (κ1) is 19.9. The number of ether oxygens (including phenoxy) is 2. The maximum Gasteiger partial charge on any atom is 0.305 e. The molecule has 0 radical (unpaired) electrons. The van der Waals surface area contributed by atoms with Crippen LogP contribution in [-0.4, -0.2) is 53.8 Å². The Morgan fingerprint density at radius 2 is 1.75 bits per heavy atom. The van der Waals surface area contributed by atoms with Gasteiger partial charge in [-0.2, -0.15) is 0 Å². The zero-order chi connectivity index (χ0) is 20.1. The third-order valence-electron chi connectivity index (χ3n) is 5.02. The molecule has 0 aliphatic carbocycles. The number of carboxylic acid groups (broad SMARTS) is 1. The van der Waals surface area contributed by atoms with Crippen molar-refractivity contribution in [2.45, 2.75) is 38.0 Å². The summed E-state index contributed by atoms with van der Waals surface area (Å²) in [7, 11) is 1.57. The highest BCUT2D eigenvalue weighted by molar-refractivity contribution is 5.82. The van der Waals surface area contributed by atoms with Gasteiger partial charge in [0, 0.05) is 19.7 Å². The van der Waals surface area contributed by atoms with Gasteiger partial charge < -0.3 is 19.5 Å². The lowest BCUT2D eigenvalue weighted by atomic mass is 10.1. The molecule has 1 amide bonds. The molecule has 0 saturated carbocycles. The van der Waals surface area contributed by atoms with E-state index in [9.17, 15) is 9.59 Å². The van der Waals surface area contributed by atoms with E-state index in [1.54, 1.807) is 18.9 Å². The second kappa shape index (κ2) is 8.89. The first-order chi connectivity index (χ1) is 13.5. The third-order valence-corrected chi connectivity index (χ3v) is 5.02. The number of nitrogens with zero attached hydrogens (tertiary/aromatic N) is 1.